The second kappa shape index (κ2) is 10.4. The normalized spacial score (nSPS) is 10.6. The fourth-order valence-electron chi connectivity index (χ4n) is 3.14. The van der Waals surface area contributed by atoms with Gasteiger partial charge in [-0.2, -0.15) is 0 Å². The van der Waals surface area contributed by atoms with Crippen molar-refractivity contribution < 1.29 is 14.3 Å². The minimum atomic E-state index is -0.158. The zero-order chi connectivity index (χ0) is 23.2. The summed E-state index contributed by atoms with van der Waals surface area (Å²) in [4.78, 5) is 12.5. The molecular weight excluding hydrogens is 460 g/mol. The molecule has 0 fully saturated rings. The number of amides is 1. The Hall–Kier alpha value is -3.49. The van der Waals surface area contributed by atoms with Gasteiger partial charge in [0.15, 0.2) is 11.0 Å². The molecule has 0 aliphatic carbocycles. The van der Waals surface area contributed by atoms with Crippen molar-refractivity contribution in [2.45, 2.75) is 5.16 Å². The molecule has 4 aromatic rings. The monoisotopic (exact) mass is 480 g/mol. The van der Waals surface area contributed by atoms with E-state index in [2.05, 4.69) is 15.5 Å². The first-order valence-electron chi connectivity index (χ1n) is 10.00. The van der Waals surface area contributed by atoms with Crippen molar-refractivity contribution in [3.63, 3.8) is 0 Å². The van der Waals surface area contributed by atoms with Gasteiger partial charge in [0.05, 0.1) is 20.0 Å². The fraction of sp³-hybridized carbons (Fsp3) is 0.125. The first kappa shape index (κ1) is 22.7. The van der Waals surface area contributed by atoms with Gasteiger partial charge in [-0.25, -0.2) is 0 Å². The van der Waals surface area contributed by atoms with E-state index in [1.165, 1.54) is 11.8 Å². The third kappa shape index (κ3) is 5.47. The lowest BCUT2D eigenvalue weighted by Gasteiger charge is -2.12. The van der Waals surface area contributed by atoms with Gasteiger partial charge >= 0.3 is 0 Å². The molecule has 1 amide bonds. The molecule has 1 heterocycles. The van der Waals surface area contributed by atoms with Crippen molar-refractivity contribution in [2.24, 2.45) is 0 Å². The van der Waals surface area contributed by atoms with Crippen LogP contribution in [0.3, 0.4) is 0 Å². The largest absolute Gasteiger partial charge is 0.497 e. The topological polar surface area (TPSA) is 78.3 Å². The fourth-order valence-corrected chi connectivity index (χ4v) is 4.01. The number of halogens is 1. The number of carbonyl (C=O) groups is 1. The van der Waals surface area contributed by atoms with Crippen LogP contribution in [0, 0.1) is 0 Å². The second-order valence-corrected chi connectivity index (χ2v) is 8.29. The zero-order valence-corrected chi connectivity index (χ0v) is 19.6. The quantitative estimate of drug-likeness (QED) is 0.343. The molecule has 0 aliphatic heterocycles. The second-order valence-electron chi connectivity index (χ2n) is 6.92. The molecule has 0 saturated carbocycles. The Morgan fingerprint density at radius 1 is 0.970 bits per heavy atom. The number of rotatable bonds is 8. The maximum absolute atomic E-state index is 12.5. The van der Waals surface area contributed by atoms with Gasteiger partial charge < -0.3 is 14.8 Å². The summed E-state index contributed by atoms with van der Waals surface area (Å²) < 4.78 is 12.6. The van der Waals surface area contributed by atoms with Gasteiger partial charge in [-0.1, -0.05) is 35.5 Å². The van der Waals surface area contributed by atoms with E-state index in [0.29, 0.717) is 27.4 Å². The first-order valence-corrected chi connectivity index (χ1v) is 11.4. The van der Waals surface area contributed by atoms with Crippen LogP contribution in [0.5, 0.6) is 11.5 Å². The van der Waals surface area contributed by atoms with Crippen molar-refractivity contribution >= 4 is 35.0 Å². The number of anilines is 1. The number of nitrogens with one attached hydrogen (secondary N) is 1. The average Bonchev–Trinajstić information content (AvgIpc) is 3.28. The highest BCUT2D eigenvalue weighted by atomic mass is 35.5. The molecule has 4 rings (SSSR count). The van der Waals surface area contributed by atoms with Crippen LogP contribution in [-0.4, -0.2) is 40.6 Å². The van der Waals surface area contributed by atoms with Crippen molar-refractivity contribution in [1.29, 1.82) is 0 Å². The summed E-state index contributed by atoms with van der Waals surface area (Å²) in [5.41, 5.74) is 2.37. The summed E-state index contributed by atoms with van der Waals surface area (Å²) in [5, 5.41) is 12.8. The maximum atomic E-state index is 12.5. The number of nitrogens with zero attached hydrogens (tertiary/aromatic N) is 3. The van der Waals surface area contributed by atoms with Gasteiger partial charge in [0.25, 0.3) is 0 Å². The molecule has 0 spiro atoms. The third-order valence-electron chi connectivity index (χ3n) is 4.75. The van der Waals surface area contributed by atoms with Crippen LogP contribution >= 0.6 is 23.4 Å². The van der Waals surface area contributed by atoms with Crippen LogP contribution < -0.4 is 14.8 Å². The average molecular weight is 481 g/mol. The van der Waals surface area contributed by atoms with Crippen molar-refractivity contribution in [3.05, 3.63) is 77.8 Å². The third-order valence-corrected chi connectivity index (χ3v) is 5.93. The Kier molecular flexibility index (Phi) is 7.16. The molecule has 9 heteroatoms. The number of methoxy groups -OCH3 is 2. The summed E-state index contributed by atoms with van der Waals surface area (Å²) in [6.07, 6.45) is 0. The first-order chi connectivity index (χ1) is 16.1. The number of benzene rings is 3. The van der Waals surface area contributed by atoms with Gasteiger partial charge in [-0.3, -0.25) is 9.36 Å². The zero-order valence-electron chi connectivity index (χ0n) is 18.0. The summed E-state index contributed by atoms with van der Waals surface area (Å²) in [6.45, 7) is 0. The van der Waals surface area contributed by atoms with Crippen LogP contribution in [-0.2, 0) is 4.79 Å². The number of ether oxygens (including phenoxy) is 2. The number of carbonyl (C=O) groups excluding carboxylic acids is 1. The van der Waals surface area contributed by atoms with Gasteiger partial charge in [0.1, 0.15) is 11.5 Å². The summed E-state index contributed by atoms with van der Waals surface area (Å²) in [6, 6.07) is 22.1. The van der Waals surface area contributed by atoms with Crippen molar-refractivity contribution in [3.8, 4) is 28.6 Å². The van der Waals surface area contributed by atoms with E-state index in [1.54, 1.807) is 38.5 Å². The minimum absolute atomic E-state index is 0.158. The molecule has 3 aromatic carbocycles. The van der Waals surface area contributed by atoms with Crippen LogP contribution in [0.15, 0.2) is 78.0 Å². The molecule has 7 nitrogen and oxygen atoms in total. The smallest absolute Gasteiger partial charge is 0.234 e. The number of hydrogen-bond acceptors (Lipinski definition) is 6. The summed E-state index contributed by atoms with van der Waals surface area (Å²) >= 11 is 7.20. The highest BCUT2D eigenvalue weighted by molar-refractivity contribution is 7.99. The van der Waals surface area contributed by atoms with E-state index < -0.39 is 0 Å². The highest BCUT2D eigenvalue weighted by Gasteiger charge is 2.18. The van der Waals surface area contributed by atoms with E-state index in [1.807, 2.05) is 53.1 Å². The maximum Gasteiger partial charge on any atom is 0.234 e. The lowest BCUT2D eigenvalue weighted by molar-refractivity contribution is -0.113. The molecule has 0 saturated heterocycles. The molecule has 33 heavy (non-hydrogen) atoms. The summed E-state index contributed by atoms with van der Waals surface area (Å²) in [5.74, 6) is 2.10. The predicted octanol–water partition coefficient (Wildman–Crippen LogP) is 5.34. The van der Waals surface area contributed by atoms with Gasteiger partial charge in [-0.05, 0) is 60.7 Å². The van der Waals surface area contributed by atoms with Crippen LogP contribution in [0.25, 0.3) is 17.1 Å². The number of hydrogen-bond donors (Lipinski definition) is 1. The van der Waals surface area contributed by atoms with E-state index >= 15 is 0 Å². The summed E-state index contributed by atoms with van der Waals surface area (Å²) in [7, 11) is 3.24. The van der Waals surface area contributed by atoms with E-state index in [0.717, 1.165) is 17.0 Å². The lowest BCUT2D eigenvalue weighted by atomic mass is 10.2. The Labute approximate surface area is 200 Å². The van der Waals surface area contributed by atoms with E-state index in [-0.39, 0.29) is 11.7 Å². The lowest BCUT2D eigenvalue weighted by Crippen LogP contribution is -2.14. The number of aromatic nitrogens is 3. The van der Waals surface area contributed by atoms with Gasteiger partial charge in [0, 0.05) is 22.0 Å². The molecule has 0 atom stereocenters. The Morgan fingerprint density at radius 3 is 2.39 bits per heavy atom. The molecule has 0 unspecified atom stereocenters. The van der Waals surface area contributed by atoms with E-state index in [4.69, 9.17) is 21.1 Å². The van der Waals surface area contributed by atoms with Crippen LogP contribution in [0.2, 0.25) is 5.02 Å². The SMILES string of the molecule is COc1ccc(-n2c(SCC(=O)Nc3ccc(Cl)cc3)nnc2-c2cccc(OC)c2)cc1. The van der Waals surface area contributed by atoms with Crippen molar-refractivity contribution in [1.82, 2.24) is 14.8 Å². The van der Waals surface area contributed by atoms with Crippen LogP contribution in [0.1, 0.15) is 0 Å². The van der Waals surface area contributed by atoms with E-state index in [9.17, 15) is 4.79 Å². The molecule has 0 aliphatic rings. The molecule has 168 valence electrons. The van der Waals surface area contributed by atoms with Gasteiger partial charge in [-0.15, -0.1) is 10.2 Å². The molecular formula is C24H21ClN4O3S. The standard InChI is InChI=1S/C24H21ClN4O3S/c1-31-20-12-10-19(11-13-20)29-23(16-4-3-5-21(14-16)32-2)27-28-24(29)33-15-22(30)26-18-8-6-17(25)7-9-18/h3-14H,15H2,1-2H3,(H,26,30). The van der Waals surface area contributed by atoms with Crippen LogP contribution in [0.4, 0.5) is 5.69 Å². The molecule has 0 radical (unpaired) electrons. The Balaban J connectivity index is 1.62. The Morgan fingerprint density at radius 2 is 1.70 bits per heavy atom. The minimum Gasteiger partial charge on any atom is -0.497 e. The predicted molar refractivity (Wildman–Crippen MR) is 131 cm³/mol. The van der Waals surface area contributed by atoms with Crippen molar-refractivity contribution in [2.75, 3.05) is 25.3 Å². The molecule has 1 aromatic heterocycles. The number of thioether (sulfide) groups is 1. The Bertz CT molecular complexity index is 1240. The highest BCUT2D eigenvalue weighted by Crippen LogP contribution is 2.30. The molecule has 0 bridgehead atoms. The van der Waals surface area contributed by atoms with Gasteiger partial charge in [0.2, 0.25) is 5.91 Å². The molecule has 1 N–H and O–H groups in total.